The molecule has 0 radical (unpaired) electrons. The summed E-state index contributed by atoms with van der Waals surface area (Å²) in [5, 5.41) is 2.90. The number of ether oxygens (including phenoxy) is 1. The van der Waals surface area contributed by atoms with Crippen LogP contribution >= 0.6 is 0 Å². The summed E-state index contributed by atoms with van der Waals surface area (Å²) in [6.07, 6.45) is 0.931. The first-order valence-electron chi connectivity index (χ1n) is 8.66. The van der Waals surface area contributed by atoms with Crippen LogP contribution in [0.25, 0.3) is 0 Å². The Hall–Kier alpha value is -2.53. The van der Waals surface area contributed by atoms with Crippen LogP contribution < -0.4 is 15.8 Å². The molecular formula is C20H25N3O2. The van der Waals surface area contributed by atoms with Crippen LogP contribution in [0.4, 0.5) is 5.69 Å². The van der Waals surface area contributed by atoms with Gasteiger partial charge in [-0.05, 0) is 48.7 Å². The molecule has 0 saturated carbocycles. The van der Waals surface area contributed by atoms with Gasteiger partial charge in [0, 0.05) is 31.9 Å². The molecule has 0 spiro atoms. The second kappa shape index (κ2) is 8.03. The lowest BCUT2D eigenvalue weighted by molar-refractivity contribution is -0.123. The Labute approximate surface area is 148 Å². The van der Waals surface area contributed by atoms with Gasteiger partial charge in [0.05, 0.1) is 0 Å². The van der Waals surface area contributed by atoms with Crippen LogP contribution in [-0.4, -0.2) is 30.5 Å². The average Bonchev–Trinajstić information content (AvgIpc) is 3.00. The van der Waals surface area contributed by atoms with Gasteiger partial charge < -0.3 is 15.8 Å². The van der Waals surface area contributed by atoms with E-state index in [4.69, 9.17) is 10.5 Å². The molecule has 0 aromatic heterocycles. The van der Waals surface area contributed by atoms with Crippen LogP contribution in [0.2, 0.25) is 0 Å². The van der Waals surface area contributed by atoms with Gasteiger partial charge in [0.25, 0.3) is 5.91 Å². The summed E-state index contributed by atoms with van der Waals surface area (Å²) in [5.74, 6) is 0.548. The fourth-order valence-corrected chi connectivity index (χ4v) is 3.05. The van der Waals surface area contributed by atoms with Gasteiger partial charge in [-0.15, -0.1) is 0 Å². The highest BCUT2D eigenvalue weighted by atomic mass is 16.5. The van der Waals surface area contributed by atoms with Crippen LogP contribution in [0.5, 0.6) is 5.75 Å². The van der Waals surface area contributed by atoms with Crippen molar-refractivity contribution in [2.45, 2.75) is 26.4 Å². The molecule has 0 bridgehead atoms. The van der Waals surface area contributed by atoms with Gasteiger partial charge >= 0.3 is 0 Å². The van der Waals surface area contributed by atoms with Gasteiger partial charge in [-0.2, -0.15) is 0 Å². The molecule has 25 heavy (non-hydrogen) atoms. The number of nitrogens with zero attached hydrogens (tertiary/aromatic N) is 1. The van der Waals surface area contributed by atoms with Gasteiger partial charge in [-0.25, -0.2) is 0 Å². The Kier molecular flexibility index (Phi) is 5.56. The molecule has 2 aromatic carbocycles. The average molecular weight is 339 g/mol. The van der Waals surface area contributed by atoms with Gasteiger partial charge in [0.2, 0.25) is 0 Å². The molecule has 1 heterocycles. The Morgan fingerprint density at radius 2 is 1.92 bits per heavy atom. The molecule has 3 N–H and O–H groups in total. The van der Waals surface area contributed by atoms with Crippen molar-refractivity contribution in [3.05, 3.63) is 59.2 Å². The molecule has 1 amide bonds. The van der Waals surface area contributed by atoms with Crippen molar-refractivity contribution in [3.8, 4) is 5.75 Å². The van der Waals surface area contributed by atoms with Gasteiger partial charge in [0.15, 0.2) is 6.61 Å². The normalized spacial score (nSPS) is 13.5. The lowest BCUT2D eigenvalue weighted by Crippen LogP contribution is -2.31. The molecule has 5 nitrogen and oxygen atoms in total. The zero-order chi connectivity index (χ0) is 17.6. The Balaban J connectivity index is 1.31. The predicted octanol–water partition coefficient (Wildman–Crippen LogP) is 2.48. The number of anilines is 1. The maximum Gasteiger partial charge on any atom is 0.257 e. The molecule has 2 aromatic rings. The maximum atomic E-state index is 11.8. The van der Waals surface area contributed by atoms with Crippen LogP contribution in [0, 0.1) is 6.92 Å². The third-order valence-corrected chi connectivity index (χ3v) is 4.37. The number of carbonyl (C=O) groups is 1. The van der Waals surface area contributed by atoms with Crippen molar-refractivity contribution in [2.24, 2.45) is 0 Å². The molecule has 0 saturated heterocycles. The van der Waals surface area contributed by atoms with Crippen LogP contribution in [0.15, 0.2) is 42.5 Å². The highest BCUT2D eigenvalue weighted by Gasteiger charge is 2.18. The van der Waals surface area contributed by atoms with E-state index in [-0.39, 0.29) is 12.5 Å². The largest absolute Gasteiger partial charge is 0.484 e. The van der Waals surface area contributed by atoms with Crippen molar-refractivity contribution in [1.29, 1.82) is 0 Å². The van der Waals surface area contributed by atoms with Crippen molar-refractivity contribution in [2.75, 3.05) is 25.4 Å². The maximum absolute atomic E-state index is 11.8. The highest BCUT2D eigenvalue weighted by Crippen LogP contribution is 2.23. The minimum absolute atomic E-state index is 0.0261. The monoisotopic (exact) mass is 339 g/mol. The third-order valence-electron chi connectivity index (χ3n) is 4.37. The molecule has 0 atom stereocenters. The fraction of sp³-hybridized carbons (Fsp3) is 0.350. The lowest BCUT2D eigenvalue weighted by Gasteiger charge is -2.14. The number of amides is 1. The summed E-state index contributed by atoms with van der Waals surface area (Å²) in [5.41, 5.74) is 10.5. The molecule has 132 valence electrons. The molecule has 3 rings (SSSR count). The zero-order valence-corrected chi connectivity index (χ0v) is 14.6. The smallest absolute Gasteiger partial charge is 0.257 e. The number of carbonyl (C=O) groups excluding carboxylic acids is 1. The number of rotatable bonds is 7. The highest BCUT2D eigenvalue weighted by molar-refractivity contribution is 5.77. The van der Waals surface area contributed by atoms with Crippen LogP contribution in [-0.2, 0) is 17.9 Å². The Bertz CT molecular complexity index is 728. The second-order valence-corrected chi connectivity index (χ2v) is 6.54. The van der Waals surface area contributed by atoms with E-state index in [2.05, 4.69) is 35.3 Å². The lowest BCUT2D eigenvalue weighted by atomic mass is 10.1. The topological polar surface area (TPSA) is 67.6 Å². The van der Waals surface area contributed by atoms with Crippen molar-refractivity contribution in [1.82, 2.24) is 10.2 Å². The second-order valence-electron chi connectivity index (χ2n) is 6.54. The number of fused-ring (bicyclic) bond motifs is 1. The predicted molar refractivity (Wildman–Crippen MR) is 99.3 cm³/mol. The molecule has 1 aliphatic heterocycles. The summed E-state index contributed by atoms with van der Waals surface area (Å²) in [7, 11) is 0. The van der Waals surface area contributed by atoms with E-state index in [9.17, 15) is 4.79 Å². The van der Waals surface area contributed by atoms with E-state index in [1.54, 1.807) is 24.3 Å². The zero-order valence-electron chi connectivity index (χ0n) is 14.6. The number of aryl methyl sites for hydroxylation is 1. The third kappa shape index (κ3) is 4.97. The van der Waals surface area contributed by atoms with E-state index in [1.165, 1.54) is 16.7 Å². The van der Waals surface area contributed by atoms with Crippen molar-refractivity contribution in [3.63, 3.8) is 0 Å². The minimum atomic E-state index is -0.0999. The molecule has 0 fully saturated rings. The summed E-state index contributed by atoms with van der Waals surface area (Å²) in [4.78, 5) is 14.2. The number of benzene rings is 2. The first-order chi connectivity index (χ1) is 12.1. The number of nitrogens with two attached hydrogens (primary N) is 1. The van der Waals surface area contributed by atoms with Crippen LogP contribution in [0.3, 0.4) is 0 Å². The fourth-order valence-electron chi connectivity index (χ4n) is 3.05. The summed E-state index contributed by atoms with van der Waals surface area (Å²) in [6, 6.07) is 13.7. The minimum Gasteiger partial charge on any atom is -0.484 e. The standard InChI is InChI=1S/C20H25N3O2/c1-15-3-4-16-12-23(13-17(16)11-15)10-2-9-22-20(24)14-25-19-7-5-18(21)6-8-19/h3-8,11H,2,9-10,12-14,21H2,1H3,(H,22,24). The summed E-state index contributed by atoms with van der Waals surface area (Å²) >= 11 is 0. The quantitative estimate of drug-likeness (QED) is 0.601. The number of nitrogen functional groups attached to an aromatic ring is 1. The van der Waals surface area contributed by atoms with E-state index in [1.807, 2.05) is 0 Å². The van der Waals surface area contributed by atoms with Crippen LogP contribution in [0.1, 0.15) is 23.1 Å². The van der Waals surface area contributed by atoms with Gasteiger partial charge in [-0.3, -0.25) is 9.69 Å². The Morgan fingerprint density at radius 1 is 1.16 bits per heavy atom. The molecule has 0 unspecified atom stereocenters. The van der Waals surface area contributed by atoms with Crippen molar-refractivity contribution < 1.29 is 9.53 Å². The van der Waals surface area contributed by atoms with E-state index in [0.717, 1.165) is 26.1 Å². The molecule has 5 heteroatoms. The molecule has 1 aliphatic rings. The summed E-state index contributed by atoms with van der Waals surface area (Å²) < 4.78 is 5.43. The molecular weight excluding hydrogens is 314 g/mol. The van der Waals surface area contributed by atoms with Gasteiger partial charge in [-0.1, -0.05) is 23.8 Å². The van der Waals surface area contributed by atoms with Gasteiger partial charge in [0.1, 0.15) is 5.75 Å². The molecule has 0 aliphatic carbocycles. The SMILES string of the molecule is Cc1ccc2c(c1)CN(CCCNC(=O)COc1ccc(N)cc1)C2. The van der Waals surface area contributed by atoms with E-state index < -0.39 is 0 Å². The van der Waals surface area contributed by atoms with Crippen molar-refractivity contribution >= 4 is 11.6 Å². The number of hydrogen-bond donors (Lipinski definition) is 2. The Morgan fingerprint density at radius 3 is 2.72 bits per heavy atom. The van der Waals surface area contributed by atoms with E-state index >= 15 is 0 Å². The van der Waals surface area contributed by atoms with E-state index in [0.29, 0.717) is 18.0 Å². The number of hydrogen-bond acceptors (Lipinski definition) is 4. The summed E-state index contributed by atoms with van der Waals surface area (Å²) in [6.45, 7) is 5.81. The number of nitrogens with one attached hydrogen (secondary N) is 1. The first-order valence-corrected chi connectivity index (χ1v) is 8.66. The first kappa shape index (κ1) is 17.3.